The van der Waals surface area contributed by atoms with Gasteiger partial charge in [-0.15, -0.1) is 0 Å². The Bertz CT molecular complexity index is 1970. The van der Waals surface area contributed by atoms with E-state index in [0.717, 1.165) is 64.6 Å². The summed E-state index contributed by atoms with van der Waals surface area (Å²) in [5, 5.41) is 7.62. The van der Waals surface area contributed by atoms with Gasteiger partial charge in [0.1, 0.15) is 17.8 Å². The van der Waals surface area contributed by atoms with Crippen LogP contribution in [0.4, 0.5) is 4.39 Å². The summed E-state index contributed by atoms with van der Waals surface area (Å²) in [6.45, 7) is 3.19. The van der Waals surface area contributed by atoms with E-state index in [4.69, 9.17) is 0 Å². The lowest BCUT2D eigenvalue weighted by Gasteiger charge is -2.47. The van der Waals surface area contributed by atoms with Crippen molar-refractivity contribution in [2.75, 3.05) is 26.2 Å². The molecule has 0 unspecified atom stereocenters. The van der Waals surface area contributed by atoms with Crippen molar-refractivity contribution >= 4 is 27.7 Å². The van der Waals surface area contributed by atoms with Crippen LogP contribution in [0.15, 0.2) is 85.8 Å². The second-order valence-electron chi connectivity index (χ2n) is 11.4. The van der Waals surface area contributed by atoms with Crippen molar-refractivity contribution < 1.29 is 9.18 Å². The standard InChI is InChI=1S/C33H29FN8O/c34-30-14-23(3-4-28(30)22-2-1-21-5-9-35-15-24(21)13-22)33(43)40-11-7-26(8-12-40)41-18-27(19-41)42-17-25(16-39-42)31-29-6-10-36-32(29)38-20-37-31/h1-6,9-10,13-17,20,26-27H,7-8,11-12,18-19H2,(H,36,37,38). The number of H-pyrrole nitrogens is 1. The number of pyridine rings is 1. The molecular weight excluding hydrogens is 543 g/mol. The molecule has 0 saturated carbocycles. The molecule has 1 N–H and O–H groups in total. The Morgan fingerprint density at radius 2 is 1.79 bits per heavy atom. The molecule has 0 aliphatic carbocycles. The van der Waals surface area contributed by atoms with Crippen LogP contribution in [0.3, 0.4) is 0 Å². The maximum absolute atomic E-state index is 15.2. The highest BCUT2D eigenvalue weighted by Crippen LogP contribution is 2.32. The second kappa shape index (κ2) is 10.4. The fourth-order valence-corrected chi connectivity index (χ4v) is 6.47. The first-order chi connectivity index (χ1) is 21.1. The number of carbonyl (C=O) groups excluding carboxylic acids is 1. The fourth-order valence-electron chi connectivity index (χ4n) is 6.47. The Labute approximate surface area is 247 Å². The molecule has 9 nitrogen and oxygen atoms in total. The van der Waals surface area contributed by atoms with Crippen LogP contribution in [0.5, 0.6) is 0 Å². The molecule has 2 saturated heterocycles. The quantitative estimate of drug-likeness (QED) is 0.300. The van der Waals surface area contributed by atoms with Gasteiger partial charge in [-0.2, -0.15) is 5.10 Å². The SMILES string of the molecule is O=C(c1ccc(-c2ccc3ccncc3c2)c(F)c1)N1CCC(N2CC(n3cc(-c4ncnc5[nH]ccc45)cn3)C2)CC1. The first-order valence-corrected chi connectivity index (χ1v) is 14.6. The lowest BCUT2D eigenvalue weighted by atomic mass is 9.96. The van der Waals surface area contributed by atoms with Gasteiger partial charge in [0.25, 0.3) is 5.91 Å². The monoisotopic (exact) mass is 572 g/mol. The van der Waals surface area contributed by atoms with Crippen LogP contribution in [0, 0.1) is 5.82 Å². The summed E-state index contributed by atoms with van der Waals surface area (Å²) in [6, 6.07) is 15.3. The lowest BCUT2D eigenvalue weighted by molar-refractivity contribution is 0.0198. The molecule has 2 aliphatic heterocycles. The molecular formula is C33H29FN8O. The van der Waals surface area contributed by atoms with E-state index in [1.54, 1.807) is 30.9 Å². The molecule has 6 aromatic rings. The van der Waals surface area contributed by atoms with Crippen molar-refractivity contribution in [3.8, 4) is 22.4 Å². The Morgan fingerprint density at radius 1 is 0.907 bits per heavy atom. The molecule has 2 aliphatic rings. The van der Waals surface area contributed by atoms with Gasteiger partial charge in [-0.1, -0.05) is 18.2 Å². The average Bonchev–Trinajstić information content (AvgIpc) is 3.70. The molecule has 10 heteroatoms. The third kappa shape index (κ3) is 4.64. The van der Waals surface area contributed by atoms with E-state index in [-0.39, 0.29) is 5.91 Å². The van der Waals surface area contributed by atoms with E-state index in [1.165, 1.54) is 6.07 Å². The minimum atomic E-state index is -0.394. The van der Waals surface area contributed by atoms with Gasteiger partial charge in [0.2, 0.25) is 0 Å². The maximum atomic E-state index is 15.2. The largest absolute Gasteiger partial charge is 0.346 e. The molecule has 2 fully saturated rings. The zero-order valence-corrected chi connectivity index (χ0v) is 23.4. The van der Waals surface area contributed by atoms with Gasteiger partial charge in [-0.25, -0.2) is 14.4 Å². The predicted molar refractivity (Wildman–Crippen MR) is 162 cm³/mol. The van der Waals surface area contributed by atoms with Crippen LogP contribution in [0.25, 0.3) is 44.2 Å². The number of aromatic nitrogens is 6. The first kappa shape index (κ1) is 25.7. The number of hydrogen-bond acceptors (Lipinski definition) is 6. The number of rotatable bonds is 5. The van der Waals surface area contributed by atoms with Crippen molar-refractivity contribution in [2.24, 2.45) is 0 Å². The van der Waals surface area contributed by atoms with E-state index in [2.05, 4.69) is 36.1 Å². The number of halogens is 1. The minimum absolute atomic E-state index is 0.113. The molecule has 0 atom stereocenters. The fraction of sp³-hybridized carbons (Fsp3) is 0.242. The lowest BCUT2D eigenvalue weighted by Crippen LogP contribution is -2.56. The molecule has 43 heavy (non-hydrogen) atoms. The number of aromatic amines is 1. The molecule has 0 spiro atoms. The van der Waals surface area contributed by atoms with E-state index in [1.807, 2.05) is 52.3 Å². The normalized spacial score (nSPS) is 16.6. The summed E-state index contributed by atoms with van der Waals surface area (Å²) in [6.07, 6.45) is 12.7. The van der Waals surface area contributed by atoms with Gasteiger partial charge < -0.3 is 9.88 Å². The zero-order valence-electron chi connectivity index (χ0n) is 23.4. The number of amides is 1. The summed E-state index contributed by atoms with van der Waals surface area (Å²) < 4.78 is 17.2. The molecule has 0 radical (unpaired) electrons. The summed E-state index contributed by atoms with van der Waals surface area (Å²) in [4.78, 5) is 33.7. The second-order valence-corrected chi connectivity index (χ2v) is 11.4. The number of hydrogen-bond donors (Lipinski definition) is 1. The van der Waals surface area contributed by atoms with Gasteiger partial charge >= 0.3 is 0 Å². The third-order valence-corrected chi connectivity index (χ3v) is 8.93. The molecule has 8 rings (SSSR count). The van der Waals surface area contributed by atoms with Crippen LogP contribution in [-0.2, 0) is 0 Å². The number of carbonyl (C=O) groups is 1. The topological polar surface area (TPSA) is 95.8 Å². The van der Waals surface area contributed by atoms with Crippen LogP contribution in [0.2, 0.25) is 0 Å². The number of nitrogens with zero attached hydrogens (tertiary/aromatic N) is 7. The van der Waals surface area contributed by atoms with Gasteiger partial charge in [0, 0.05) is 84.5 Å². The molecule has 1 amide bonds. The summed E-state index contributed by atoms with van der Waals surface area (Å²) in [5.41, 5.74) is 4.32. The smallest absolute Gasteiger partial charge is 0.253 e. The van der Waals surface area contributed by atoms with Crippen LogP contribution in [0.1, 0.15) is 29.2 Å². The van der Waals surface area contributed by atoms with Crippen molar-refractivity contribution in [3.63, 3.8) is 0 Å². The van der Waals surface area contributed by atoms with E-state index in [9.17, 15) is 4.79 Å². The Morgan fingerprint density at radius 3 is 2.65 bits per heavy atom. The van der Waals surface area contributed by atoms with Crippen LogP contribution < -0.4 is 0 Å². The third-order valence-electron chi connectivity index (χ3n) is 8.93. The Hall–Kier alpha value is -4.96. The predicted octanol–water partition coefficient (Wildman–Crippen LogP) is 5.34. The first-order valence-electron chi connectivity index (χ1n) is 14.6. The van der Waals surface area contributed by atoms with Crippen LogP contribution >= 0.6 is 0 Å². The van der Waals surface area contributed by atoms with Gasteiger partial charge in [-0.3, -0.25) is 19.4 Å². The van der Waals surface area contributed by atoms with Crippen molar-refractivity contribution in [2.45, 2.75) is 24.9 Å². The number of likely N-dealkylation sites (tertiary alicyclic amines) is 2. The van der Waals surface area contributed by atoms with E-state index < -0.39 is 5.82 Å². The molecule has 6 heterocycles. The number of benzene rings is 2. The zero-order chi connectivity index (χ0) is 28.9. The number of piperidine rings is 1. The number of nitrogens with one attached hydrogen (secondary N) is 1. The summed E-state index contributed by atoms with van der Waals surface area (Å²) in [7, 11) is 0. The highest BCUT2D eigenvalue weighted by Gasteiger charge is 2.36. The minimum Gasteiger partial charge on any atom is -0.346 e. The molecule has 0 bridgehead atoms. The van der Waals surface area contributed by atoms with Gasteiger partial charge in [0.15, 0.2) is 0 Å². The highest BCUT2D eigenvalue weighted by molar-refractivity contribution is 5.95. The Kier molecular flexibility index (Phi) is 6.22. The Balaban J connectivity index is 0.875. The van der Waals surface area contributed by atoms with Crippen molar-refractivity contribution in [1.82, 2.24) is 39.5 Å². The molecule has 214 valence electrons. The summed E-state index contributed by atoms with van der Waals surface area (Å²) in [5.74, 6) is -0.506. The van der Waals surface area contributed by atoms with Crippen molar-refractivity contribution in [1.29, 1.82) is 0 Å². The molecule has 2 aromatic carbocycles. The number of fused-ring (bicyclic) bond motifs is 2. The van der Waals surface area contributed by atoms with Gasteiger partial charge in [0.05, 0.1) is 17.9 Å². The maximum Gasteiger partial charge on any atom is 0.253 e. The van der Waals surface area contributed by atoms with E-state index >= 15 is 4.39 Å². The highest BCUT2D eigenvalue weighted by atomic mass is 19.1. The van der Waals surface area contributed by atoms with Crippen molar-refractivity contribution in [3.05, 3.63) is 97.2 Å². The average molecular weight is 573 g/mol. The van der Waals surface area contributed by atoms with Crippen LogP contribution in [-0.4, -0.2) is 77.6 Å². The summed E-state index contributed by atoms with van der Waals surface area (Å²) >= 11 is 0. The van der Waals surface area contributed by atoms with E-state index in [0.29, 0.717) is 36.3 Å². The molecule has 4 aromatic heterocycles. The van der Waals surface area contributed by atoms with Gasteiger partial charge in [-0.05, 0) is 54.1 Å².